The molecule has 1 N–H and O–H groups in total. The van der Waals surface area contributed by atoms with E-state index in [0.29, 0.717) is 6.54 Å². The van der Waals surface area contributed by atoms with Crippen LogP contribution in [0, 0.1) is 0 Å². The minimum Gasteiger partial charge on any atom is -0.472 e. The van der Waals surface area contributed by atoms with Crippen LogP contribution in [0.5, 0.6) is 0 Å². The van der Waals surface area contributed by atoms with Crippen LogP contribution < -0.4 is 5.32 Å². The third-order valence-electron chi connectivity index (χ3n) is 4.89. The molecule has 1 aliphatic rings. The molecule has 0 radical (unpaired) electrons. The molecule has 0 aromatic carbocycles. The van der Waals surface area contributed by atoms with Gasteiger partial charge in [0.1, 0.15) is 12.6 Å². The van der Waals surface area contributed by atoms with Gasteiger partial charge in [-0.15, -0.1) is 0 Å². The van der Waals surface area contributed by atoms with Crippen LogP contribution in [-0.4, -0.2) is 51.0 Å². The van der Waals surface area contributed by atoms with Crippen LogP contribution in [0.3, 0.4) is 0 Å². The molecule has 0 bridgehead atoms. The Labute approximate surface area is 166 Å². The fourth-order valence-corrected chi connectivity index (χ4v) is 3.55. The Kier molecular flexibility index (Phi) is 5.54. The van der Waals surface area contributed by atoms with Crippen molar-refractivity contribution in [1.82, 2.24) is 19.7 Å². The quantitative estimate of drug-likeness (QED) is 0.877. The minimum absolute atomic E-state index is 0.0363. The van der Waals surface area contributed by atoms with E-state index in [-0.39, 0.29) is 36.1 Å². The van der Waals surface area contributed by atoms with Gasteiger partial charge in [0.05, 0.1) is 12.5 Å². The van der Waals surface area contributed by atoms with Gasteiger partial charge in [-0.2, -0.15) is 0 Å². The topological polar surface area (TPSA) is 70.7 Å². The summed E-state index contributed by atoms with van der Waals surface area (Å²) in [5, 5.41) is 2.96. The van der Waals surface area contributed by atoms with E-state index in [1.165, 1.54) is 0 Å². The number of hydrogen-bond donors (Lipinski definition) is 1. The van der Waals surface area contributed by atoms with Gasteiger partial charge in [-0.25, -0.2) is 4.79 Å². The molecule has 0 fully saturated rings. The maximum absolute atomic E-state index is 13.3. The van der Waals surface area contributed by atoms with Gasteiger partial charge in [-0.1, -0.05) is 0 Å². The smallest absolute Gasteiger partial charge is 0.318 e. The summed E-state index contributed by atoms with van der Waals surface area (Å²) in [6.07, 6.45) is 5.33. The summed E-state index contributed by atoms with van der Waals surface area (Å²) in [6.45, 7) is 11.0. The number of hydrogen-bond acceptors (Lipinski definition) is 3. The molecule has 1 aliphatic heterocycles. The summed E-state index contributed by atoms with van der Waals surface area (Å²) >= 11 is 0. The zero-order valence-corrected chi connectivity index (χ0v) is 17.3. The molecule has 0 spiro atoms. The molecular formula is C21H30N4O3. The Bertz CT molecular complexity index is 817. The number of aromatic nitrogens is 1. The molecule has 3 rings (SSSR count). The van der Waals surface area contributed by atoms with Crippen LogP contribution >= 0.6 is 0 Å². The summed E-state index contributed by atoms with van der Waals surface area (Å²) in [5.74, 6) is -0.0728. The number of urea groups is 1. The summed E-state index contributed by atoms with van der Waals surface area (Å²) in [6, 6.07) is 5.38. The van der Waals surface area contributed by atoms with Crippen molar-refractivity contribution in [3.8, 4) is 0 Å². The molecule has 3 heterocycles. The van der Waals surface area contributed by atoms with E-state index in [0.717, 1.165) is 17.8 Å². The lowest BCUT2D eigenvalue weighted by Gasteiger charge is -2.38. The first kappa shape index (κ1) is 20.0. The molecule has 28 heavy (non-hydrogen) atoms. The van der Waals surface area contributed by atoms with Gasteiger partial charge < -0.3 is 24.1 Å². The SMILES string of the molecule is CC(C)N(CC(=O)N1CCn2cccc2C1c1ccoc1)C(=O)NC(C)(C)C. The van der Waals surface area contributed by atoms with Crippen LogP contribution in [0.2, 0.25) is 0 Å². The van der Waals surface area contributed by atoms with Crippen molar-refractivity contribution in [2.45, 2.75) is 58.8 Å². The van der Waals surface area contributed by atoms with Crippen LogP contribution in [0.4, 0.5) is 4.79 Å². The van der Waals surface area contributed by atoms with Gasteiger partial charge in [-0.3, -0.25) is 4.79 Å². The van der Waals surface area contributed by atoms with Gasteiger partial charge in [0.2, 0.25) is 5.91 Å². The summed E-state index contributed by atoms with van der Waals surface area (Å²) in [5.41, 5.74) is 1.62. The monoisotopic (exact) mass is 386 g/mol. The number of carbonyl (C=O) groups excluding carboxylic acids is 2. The van der Waals surface area contributed by atoms with Crippen molar-refractivity contribution in [2.75, 3.05) is 13.1 Å². The van der Waals surface area contributed by atoms with Gasteiger partial charge in [0, 0.05) is 42.1 Å². The molecule has 0 saturated heterocycles. The molecule has 7 nitrogen and oxygen atoms in total. The first-order valence-corrected chi connectivity index (χ1v) is 9.73. The van der Waals surface area contributed by atoms with Crippen LogP contribution in [-0.2, 0) is 11.3 Å². The second kappa shape index (κ2) is 7.73. The first-order valence-electron chi connectivity index (χ1n) is 9.73. The summed E-state index contributed by atoms with van der Waals surface area (Å²) in [4.78, 5) is 29.4. The van der Waals surface area contributed by atoms with Gasteiger partial charge in [-0.05, 0) is 52.8 Å². The second-order valence-electron chi connectivity index (χ2n) is 8.57. The second-order valence-corrected chi connectivity index (χ2v) is 8.57. The van der Waals surface area contributed by atoms with E-state index >= 15 is 0 Å². The zero-order chi connectivity index (χ0) is 20.5. The van der Waals surface area contributed by atoms with Crippen molar-refractivity contribution in [3.05, 3.63) is 48.2 Å². The van der Waals surface area contributed by atoms with Crippen molar-refractivity contribution >= 4 is 11.9 Å². The fraction of sp³-hybridized carbons (Fsp3) is 0.524. The highest BCUT2D eigenvalue weighted by Crippen LogP contribution is 2.32. The van der Waals surface area contributed by atoms with Crippen LogP contribution in [0.15, 0.2) is 41.3 Å². The average Bonchev–Trinajstić information content (AvgIpc) is 3.27. The minimum atomic E-state index is -0.363. The van der Waals surface area contributed by atoms with E-state index in [1.54, 1.807) is 17.4 Å². The molecule has 1 atom stereocenters. The number of nitrogens with zero attached hydrogens (tertiary/aromatic N) is 3. The molecule has 2 aromatic heterocycles. The van der Waals surface area contributed by atoms with E-state index in [4.69, 9.17) is 4.42 Å². The number of fused-ring (bicyclic) bond motifs is 1. The van der Waals surface area contributed by atoms with Crippen molar-refractivity contribution in [1.29, 1.82) is 0 Å². The molecule has 2 aromatic rings. The Hall–Kier alpha value is -2.70. The number of furan rings is 1. The highest BCUT2D eigenvalue weighted by molar-refractivity contribution is 5.85. The molecule has 1 unspecified atom stereocenters. The Morgan fingerprint density at radius 2 is 2.04 bits per heavy atom. The zero-order valence-electron chi connectivity index (χ0n) is 17.3. The summed E-state index contributed by atoms with van der Waals surface area (Å²) < 4.78 is 7.44. The predicted octanol–water partition coefficient (Wildman–Crippen LogP) is 3.23. The largest absolute Gasteiger partial charge is 0.472 e. The van der Waals surface area contributed by atoms with Crippen LogP contribution in [0.25, 0.3) is 0 Å². The maximum atomic E-state index is 13.3. The molecule has 0 saturated carbocycles. The maximum Gasteiger partial charge on any atom is 0.318 e. The highest BCUT2D eigenvalue weighted by Gasteiger charge is 2.34. The Balaban J connectivity index is 1.83. The third kappa shape index (κ3) is 4.24. The lowest BCUT2D eigenvalue weighted by Crippen LogP contribution is -2.54. The molecular weight excluding hydrogens is 356 g/mol. The number of amides is 3. The fourth-order valence-electron chi connectivity index (χ4n) is 3.55. The highest BCUT2D eigenvalue weighted by atomic mass is 16.3. The third-order valence-corrected chi connectivity index (χ3v) is 4.89. The van der Waals surface area contributed by atoms with Crippen molar-refractivity contribution in [3.63, 3.8) is 0 Å². The number of nitrogens with one attached hydrogen (secondary N) is 1. The van der Waals surface area contributed by atoms with Crippen molar-refractivity contribution in [2.24, 2.45) is 0 Å². The molecule has 7 heteroatoms. The number of rotatable bonds is 4. The Morgan fingerprint density at radius 1 is 1.29 bits per heavy atom. The van der Waals surface area contributed by atoms with E-state index in [2.05, 4.69) is 9.88 Å². The first-order chi connectivity index (χ1) is 13.2. The van der Waals surface area contributed by atoms with Gasteiger partial charge >= 0.3 is 6.03 Å². The van der Waals surface area contributed by atoms with Gasteiger partial charge in [0.25, 0.3) is 0 Å². The lowest BCUT2D eigenvalue weighted by molar-refractivity contribution is -0.134. The number of carbonyl (C=O) groups is 2. The lowest BCUT2D eigenvalue weighted by atomic mass is 10.0. The normalized spacial score (nSPS) is 16.8. The average molecular weight is 386 g/mol. The van der Waals surface area contributed by atoms with Crippen LogP contribution in [0.1, 0.15) is 51.9 Å². The Morgan fingerprint density at radius 3 is 2.64 bits per heavy atom. The summed E-state index contributed by atoms with van der Waals surface area (Å²) in [7, 11) is 0. The molecule has 3 amide bonds. The predicted molar refractivity (Wildman–Crippen MR) is 107 cm³/mol. The van der Waals surface area contributed by atoms with E-state index in [9.17, 15) is 9.59 Å². The van der Waals surface area contributed by atoms with E-state index < -0.39 is 0 Å². The standard InChI is InChI=1S/C21H30N4O3/c1-15(2)25(20(27)22-21(3,4)5)13-18(26)24-11-10-23-9-6-7-17(23)19(24)16-8-12-28-14-16/h6-9,12,14-15,19H,10-11,13H2,1-5H3,(H,22,27). The van der Waals surface area contributed by atoms with Gasteiger partial charge in [0.15, 0.2) is 0 Å². The molecule has 152 valence electrons. The van der Waals surface area contributed by atoms with E-state index in [1.807, 2.05) is 63.9 Å². The van der Waals surface area contributed by atoms with Crippen molar-refractivity contribution < 1.29 is 14.0 Å². The molecule has 0 aliphatic carbocycles.